The molecule has 0 saturated heterocycles. The minimum absolute atomic E-state index is 0.0862. The first-order chi connectivity index (χ1) is 16.3. The highest BCUT2D eigenvalue weighted by molar-refractivity contribution is 7.98. The molecule has 34 heavy (non-hydrogen) atoms. The molecule has 1 atom stereocenters. The quantitative estimate of drug-likeness (QED) is 0.478. The van der Waals surface area contributed by atoms with Crippen LogP contribution >= 0.6 is 23.4 Å². The molecule has 2 aromatic heterocycles. The first-order valence-electron chi connectivity index (χ1n) is 10.6. The Hall–Kier alpha value is -3.35. The lowest BCUT2D eigenvalue weighted by Gasteiger charge is -2.17. The van der Waals surface area contributed by atoms with Crippen LogP contribution in [-0.2, 0) is 6.42 Å². The van der Waals surface area contributed by atoms with Gasteiger partial charge in [0.2, 0.25) is 0 Å². The third-order valence-electron chi connectivity index (χ3n) is 5.04. The van der Waals surface area contributed by atoms with Crippen molar-refractivity contribution >= 4 is 40.9 Å². The van der Waals surface area contributed by atoms with Gasteiger partial charge >= 0.3 is 0 Å². The molecule has 0 aliphatic carbocycles. The van der Waals surface area contributed by atoms with Gasteiger partial charge in [0, 0.05) is 18.0 Å². The van der Waals surface area contributed by atoms with Gasteiger partial charge in [-0.05, 0) is 62.4 Å². The fourth-order valence-corrected chi connectivity index (χ4v) is 4.21. The maximum absolute atomic E-state index is 13.4. The fourth-order valence-electron chi connectivity index (χ4n) is 3.43. The Morgan fingerprint density at radius 1 is 1.29 bits per heavy atom. The molecule has 0 fully saturated rings. The van der Waals surface area contributed by atoms with Crippen molar-refractivity contribution in [1.29, 1.82) is 5.26 Å². The van der Waals surface area contributed by atoms with Gasteiger partial charge < -0.3 is 10.6 Å². The molecular formula is C24H25ClN6O2S. The molecule has 3 aromatic rings. The van der Waals surface area contributed by atoms with E-state index < -0.39 is 5.91 Å². The van der Waals surface area contributed by atoms with Crippen LogP contribution in [0.25, 0.3) is 5.82 Å². The smallest absolute Gasteiger partial charge is 0.274 e. The van der Waals surface area contributed by atoms with Gasteiger partial charge in [-0.15, -0.1) is 0 Å². The average Bonchev–Trinajstić information content (AvgIpc) is 3.25. The van der Waals surface area contributed by atoms with E-state index in [4.69, 9.17) is 11.6 Å². The molecule has 0 aliphatic heterocycles. The van der Waals surface area contributed by atoms with Gasteiger partial charge in [-0.2, -0.15) is 22.1 Å². The number of thioether (sulfide) groups is 1. The zero-order valence-electron chi connectivity index (χ0n) is 19.3. The van der Waals surface area contributed by atoms with Crippen molar-refractivity contribution < 1.29 is 9.59 Å². The zero-order chi connectivity index (χ0) is 24.8. The van der Waals surface area contributed by atoms with Crippen molar-refractivity contribution in [3.8, 4) is 11.9 Å². The summed E-state index contributed by atoms with van der Waals surface area (Å²) in [6.45, 7) is 5.56. The van der Waals surface area contributed by atoms with Crippen molar-refractivity contribution in [3.63, 3.8) is 0 Å². The van der Waals surface area contributed by atoms with E-state index in [-0.39, 0.29) is 23.2 Å². The van der Waals surface area contributed by atoms with E-state index in [9.17, 15) is 14.9 Å². The zero-order valence-corrected chi connectivity index (χ0v) is 20.9. The largest absolute Gasteiger partial charge is 0.349 e. The third-order valence-corrected chi connectivity index (χ3v) is 6.16. The second kappa shape index (κ2) is 11.2. The van der Waals surface area contributed by atoms with E-state index in [0.29, 0.717) is 39.8 Å². The van der Waals surface area contributed by atoms with Crippen molar-refractivity contribution in [3.05, 3.63) is 69.6 Å². The number of anilines is 1. The van der Waals surface area contributed by atoms with Crippen LogP contribution in [0.3, 0.4) is 0 Å². The minimum atomic E-state index is -0.479. The second-order valence-electron chi connectivity index (χ2n) is 7.71. The van der Waals surface area contributed by atoms with Gasteiger partial charge in [-0.25, -0.2) is 9.67 Å². The van der Waals surface area contributed by atoms with Crippen molar-refractivity contribution in [2.75, 3.05) is 17.3 Å². The number of nitrogens with one attached hydrogen (secondary N) is 2. The highest BCUT2D eigenvalue weighted by atomic mass is 35.5. The van der Waals surface area contributed by atoms with Crippen LogP contribution in [0.15, 0.2) is 36.5 Å². The van der Waals surface area contributed by atoms with Gasteiger partial charge in [-0.3, -0.25) is 9.59 Å². The van der Waals surface area contributed by atoms with Crippen LogP contribution in [0.1, 0.15) is 51.5 Å². The third kappa shape index (κ3) is 5.58. The SMILES string of the molecule is CCc1cc(C(=O)Nc2c(C)cc(C#N)cc2C(=O)N[C@@H](C)CSC)n(-c2ncccc2Cl)n1. The topological polar surface area (TPSA) is 113 Å². The van der Waals surface area contributed by atoms with Crippen molar-refractivity contribution in [2.24, 2.45) is 0 Å². The maximum atomic E-state index is 13.4. The van der Waals surface area contributed by atoms with Crippen LogP contribution in [-0.4, -0.2) is 44.6 Å². The van der Waals surface area contributed by atoms with Crippen molar-refractivity contribution in [2.45, 2.75) is 33.2 Å². The number of amides is 2. The summed E-state index contributed by atoms with van der Waals surface area (Å²) in [7, 11) is 0. The predicted octanol–water partition coefficient (Wildman–Crippen LogP) is 4.40. The Kier molecular flexibility index (Phi) is 8.31. The van der Waals surface area contributed by atoms with Gasteiger partial charge in [0.25, 0.3) is 11.8 Å². The summed E-state index contributed by atoms with van der Waals surface area (Å²) in [5.74, 6) is 0.212. The second-order valence-corrected chi connectivity index (χ2v) is 9.02. The fraction of sp³-hybridized carbons (Fsp3) is 0.292. The molecule has 0 aliphatic rings. The molecule has 0 bridgehead atoms. The first-order valence-corrected chi connectivity index (χ1v) is 12.4. The molecule has 0 spiro atoms. The number of carbonyl (C=O) groups excluding carboxylic acids is 2. The van der Waals surface area contributed by atoms with Crippen LogP contribution in [0.2, 0.25) is 5.02 Å². The molecule has 1 aromatic carbocycles. The number of nitrogens with zero attached hydrogens (tertiary/aromatic N) is 4. The lowest BCUT2D eigenvalue weighted by Crippen LogP contribution is -2.35. The number of rotatable bonds is 8. The highest BCUT2D eigenvalue weighted by Crippen LogP contribution is 2.25. The summed E-state index contributed by atoms with van der Waals surface area (Å²) in [6.07, 6.45) is 4.13. The highest BCUT2D eigenvalue weighted by Gasteiger charge is 2.23. The predicted molar refractivity (Wildman–Crippen MR) is 135 cm³/mol. The van der Waals surface area contributed by atoms with E-state index >= 15 is 0 Å². The molecule has 2 amide bonds. The number of halogens is 1. The van der Waals surface area contributed by atoms with Crippen LogP contribution in [0, 0.1) is 18.3 Å². The number of carbonyl (C=O) groups is 2. The molecule has 0 saturated carbocycles. The first kappa shape index (κ1) is 25.3. The average molecular weight is 497 g/mol. The molecule has 2 heterocycles. The Morgan fingerprint density at radius 2 is 2.06 bits per heavy atom. The van der Waals surface area contributed by atoms with Gasteiger partial charge in [0.1, 0.15) is 5.69 Å². The van der Waals surface area contributed by atoms with Crippen molar-refractivity contribution in [1.82, 2.24) is 20.1 Å². The number of aryl methyl sites for hydroxylation is 2. The standard InChI is InChI=1S/C24H25ClN6O2S/c1-5-17-11-20(31(30-17)22-19(25)7-6-8-27-22)24(33)29-21-14(2)9-16(12-26)10-18(21)23(32)28-15(3)13-34-4/h6-11,15H,5,13H2,1-4H3,(H,28,32)(H,29,33)/t15-/m0/s1. The van der Waals surface area contributed by atoms with E-state index in [1.54, 1.807) is 49.1 Å². The lowest BCUT2D eigenvalue weighted by molar-refractivity contribution is 0.0944. The Bertz CT molecular complexity index is 1270. The number of hydrogen-bond donors (Lipinski definition) is 2. The number of pyridine rings is 1. The lowest BCUT2D eigenvalue weighted by atomic mass is 10.0. The number of aromatic nitrogens is 3. The molecule has 10 heteroatoms. The number of nitriles is 1. The molecule has 2 N–H and O–H groups in total. The minimum Gasteiger partial charge on any atom is -0.349 e. The van der Waals surface area contributed by atoms with Crippen LogP contribution < -0.4 is 10.6 Å². The van der Waals surface area contributed by atoms with E-state index in [1.165, 1.54) is 10.7 Å². The summed E-state index contributed by atoms with van der Waals surface area (Å²) in [5, 5.41) is 20.0. The molecule has 3 rings (SSSR count). The Balaban J connectivity index is 2.03. The molecule has 0 radical (unpaired) electrons. The molecule has 8 nitrogen and oxygen atoms in total. The van der Waals surface area contributed by atoms with Gasteiger partial charge in [-0.1, -0.05) is 18.5 Å². The van der Waals surface area contributed by atoms with Crippen LogP contribution in [0.5, 0.6) is 0 Å². The summed E-state index contributed by atoms with van der Waals surface area (Å²) < 4.78 is 1.40. The maximum Gasteiger partial charge on any atom is 0.274 e. The summed E-state index contributed by atoms with van der Waals surface area (Å²) >= 11 is 7.92. The van der Waals surface area contributed by atoms with Gasteiger partial charge in [0.15, 0.2) is 5.82 Å². The molecular weight excluding hydrogens is 472 g/mol. The normalized spacial score (nSPS) is 11.5. The molecule has 0 unspecified atom stereocenters. The summed E-state index contributed by atoms with van der Waals surface area (Å²) in [4.78, 5) is 30.7. The number of benzene rings is 1. The summed E-state index contributed by atoms with van der Waals surface area (Å²) in [5.41, 5.74) is 2.38. The Labute approximate surface area is 207 Å². The van der Waals surface area contributed by atoms with E-state index in [1.807, 2.05) is 20.1 Å². The molecule has 176 valence electrons. The monoisotopic (exact) mass is 496 g/mol. The van der Waals surface area contributed by atoms with Crippen LogP contribution in [0.4, 0.5) is 5.69 Å². The van der Waals surface area contributed by atoms with E-state index in [0.717, 1.165) is 5.75 Å². The van der Waals surface area contributed by atoms with E-state index in [2.05, 4.69) is 26.8 Å². The summed E-state index contributed by atoms with van der Waals surface area (Å²) in [6, 6.07) is 10.1. The Morgan fingerprint density at radius 3 is 2.71 bits per heavy atom. The van der Waals surface area contributed by atoms with Gasteiger partial charge in [0.05, 0.1) is 33.6 Å². The number of hydrogen-bond acceptors (Lipinski definition) is 6.